The molecular weight excluding hydrogens is 166 g/mol. The number of carbonyl (C=O) groups is 1. The predicted octanol–water partition coefficient (Wildman–Crippen LogP) is 1.03. The van der Waals surface area contributed by atoms with E-state index in [9.17, 15) is 4.79 Å². The SMILES string of the molecule is COC(=O)C(C)N1CC2CCC1C2. The molecule has 3 unspecified atom stereocenters. The molecule has 13 heavy (non-hydrogen) atoms. The molecule has 0 aromatic heterocycles. The van der Waals surface area contributed by atoms with Gasteiger partial charge in [0.1, 0.15) is 6.04 Å². The second kappa shape index (κ2) is 3.29. The molecule has 3 nitrogen and oxygen atoms in total. The van der Waals surface area contributed by atoms with Gasteiger partial charge in [0.25, 0.3) is 0 Å². The number of piperidine rings is 1. The number of nitrogens with zero attached hydrogens (tertiary/aromatic N) is 1. The number of rotatable bonds is 2. The molecular formula is C10H17NO2. The lowest BCUT2D eigenvalue weighted by molar-refractivity contribution is -0.147. The molecule has 74 valence electrons. The molecule has 2 rings (SSSR count). The van der Waals surface area contributed by atoms with Gasteiger partial charge in [0, 0.05) is 12.6 Å². The van der Waals surface area contributed by atoms with E-state index >= 15 is 0 Å². The van der Waals surface area contributed by atoms with Crippen molar-refractivity contribution in [3.63, 3.8) is 0 Å². The Morgan fingerprint density at radius 3 is 2.77 bits per heavy atom. The minimum absolute atomic E-state index is 0.0414. The molecule has 1 saturated carbocycles. The molecule has 0 spiro atoms. The molecule has 0 radical (unpaired) electrons. The third kappa shape index (κ3) is 1.46. The lowest BCUT2D eigenvalue weighted by atomic mass is 10.1. The normalized spacial score (nSPS) is 34.9. The molecule has 1 heterocycles. The fourth-order valence-corrected chi connectivity index (χ4v) is 2.74. The number of methoxy groups -OCH3 is 1. The maximum Gasteiger partial charge on any atom is 0.322 e. The van der Waals surface area contributed by atoms with E-state index in [1.807, 2.05) is 6.92 Å². The van der Waals surface area contributed by atoms with Gasteiger partial charge in [0.05, 0.1) is 7.11 Å². The van der Waals surface area contributed by atoms with Crippen molar-refractivity contribution in [3.05, 3.63) is 0 Å². The van der Waals surface area contributed by atoms with Crippen LogP contribution in [0.2, 0.25) is 0 Å². The molecule has 1 saturated heterocycles. The fourth-order valence-electron chi connectivity index (χ4n) is 2.74. The molecule has 2 aliphatic rings. The number of likely N-dealkylation sites (tertiary alicyclic amines) is 1. The zero-order chi connectivity index (χ0) is 9.42. The number of hydrogen-bond acceptors (Lipinski definition) is 3. The highest BCUT2D eigenvalue weighted by Crippen LogP contribution is 2.38. The summed E-state index contributed by atoms with van der Waals surface area (Å²) in [7, 11) is 1.47. The first-order valence-electron chi connectivity index (χ1n) is 5.06. The number of ether oxygens (including phenoxy) is 1. The molecule has 2 bridgehead atoms. The van der Waals surface area contributed by atoms with Crippen molar-refractivity contribution in [1.82, 2.24) is 4.90 Å². The molecule has 2 fully saturated rings. The molecule has 3 atom stereocenters. The van der Waals surface area contributed by atoms with E-state index in [-0.39, 0.29) is 12.0 Å². The third-order valence-electron chi connectivity index (χ3n) is 3.49. The van der Waals surface area contributed by atoms with Gasteiger partial charge in [-0.15, -0.1) is 0 Å². The monoisotopic (exact) mass is 183 g/mol. The lowest BCUT2D eigenvalue weighted by Gasteiger charge is -2.30. The van der Waals surface area contributed by atoms with Gasteiger partial charge < -0.3 is 4.74 Å². The van der Waals surface area contributed by atoms with E-state index in [4.69, 9.17) is 4.74 Å². The van der Waals surface area contributed by atoms with Crippen LogP contribution >= 0.6 is 0 Å². The minimum atomic E-state index is -0.0902. The zero-order valence-electron chi connectivity index (χ0n) is 8.32. The van der Waals surface area contributed by atoms with Crippen molar-refractivity contribution in [2.75, 3.05) is 13.7 Å². The van der Waals surface area contributed by atoms with E-state index in [1.54, 1.807) is 0 Å². The molecule has 1 aliphatic heterocycles. The van der Waals surface area contributed by atoms with Gasteiger partial charge in [-0.05, 0) is 32.1 Å². The summed E-state index contributed by atoms with van der Waals surface area (Å²) in [5.74, 6) is 0.754. The van der Waals surface area contributed by atoms with Crippen LogP contribution in [0.25, 0.3) is 0 Å². The Balaban J connectivity index is 1.98. The van der Waals surface area contributed by atoms with Gasteiger partial charge in [-0.25, -0.2) is 0 Å². The zero-order valence-corrected chi connectivity index (χ0v) is 8.32. The quantitative estimate of drug-likeness (QED) is 0.599. The molecule has 0 aromatic rings. The molecule has 0 aromatic carbocycles. The summed E-state index contributed by atoms with van der Waals surface area (Å²) in [4.78, 5) is 13.6. The van der Waals surface area contributed by atoms with Gasteiger partial charge in [-0.1, -0.05) is 0 Å². The van der Waals surface area contributed by atoms with Gasteiger partial charge in [0.2, 0.25) is 0 Å². The maximum absolute atomic E-state index is 11.3. The van der Waals surface area contributed by atoms with E-state index in [0.717, 1.165) is 12.5 Å². The summed E-state index contributed by atoms with van der Waals surface area (Å²) < 4.78 is 4.75. The summed E-state index contributed by atoms with van der Waals surface area (Å²) in [5, 5.41) is 0. The highest BCUT2D eigenvalue weighted by atomic mass is 16.5. The molecule has 0 amide bonds. The van der Waals surface area contributed by atoms with Gasteiger partial charge >= 0.3 is 5.97 Å². The first-order chi connectivity index (χ1) is 6.22. The second-order valence-electron chi connectivity index (χ2n) is 4.23. The van der Waals surface area contributed by atoms with Crippen LogP contribution in [0.5, 0.6) is 0 Å². The van der Waals surface area contributed by atoms with Crippen LogP contribution in [0.1, 0.15) is 26.2 Å². The maximum atomic E-state index is 11.3. The summed E-state index contributed by atoms with van der Waals surface area (Å²) >= 11 is 0. The standard InChI is InChI=1S/C10H17NO2/c1-7(10(12)13-2)11-6-8-3-4-9(11)5-8/h7-9H,3-6H2,1-2H3. The first-order valence-corrected chi connectivity index (χ1v) is 5.06. The molecule has 0 N–H and O–H groups in total. The molecule has 1 aliphatic carbocycles. The van der Waals surface area contributed by atoms with Gasteiger partial charge in [0.15, 0.2) is 0 Å². The highest BCUT2D eigenvalue weighted by Gasteiger charge is 2.41. The van der Waals surface area contributed by atoms with E-state index in [1.165, 1.54) is 26.4 Å². The third-order valence-corrected chi connectivity index (χ3v) is 3.49. The Morgan fingerprint density at radius 1 is 1.54 bits per heavy atom. The van der Waals surface area contributed by atoms with Crippen molar-refractivity contribution in [2.45, 2.75) is 38.3 Å². The van der Waals surface area contributed by atoms with Crippen molar-refractivity contribution < 1.29 is 9.53 Å². The van der Waals surface area contributed by atoms with Crippen LogP contribution in [0.4, 0.5) is 0 Å². The highest BCUT2D eigenvalue weighted by molar-refractivity contribution is 5.75. The van der Waals surface area contributed by atoms with Gasteiger partial charge in [-0.2, -0.15) is 0 Å². The lowest BCUT2D eigenvalue weighted by Crippen LogP contribution is -2.44. The van der Waals surface area contributed by atoms with E-state index < -0.39 is 0 Å². The average Bonchev–Trinajstić information content (AvgIpc) is 2.76. The molecule has 3 heteroatoms. The van der Waals surface area contributed by atoms with E-state index in [0.29, 0.717) is 6.04 Å². The topological polar surface area (TPSA) is 29.5 Å². The van der Waals surface area contributed by atoms with Crippen LogP contribution in [0.15, 0.2) is 0 Å². The second-order valence-corrected chi connectivity index (χ2v) is 4.23. The number of carbonyl (C=O) groups excluding carboxylic acids is 1. The summed E-state index contributed by atoms with van der Waals surface area (Å²) in [5.41, 5.74) is 0. The van der Waals surface area contributed by atoms with E-state index in [2.05, 4.69) is 4.90 Å². The predicted molar refractivity (Wildman–Crippen MR) is 49.3 cm³/mol. The van der Waals surface area contributed by atoms with Crippen LogP contribution in [0.3, 0.4) is 0 Å². The fraction of sp³-hybridized carbons (Fsp3) is 0.900. The summed E-state index contributed by atoms with van der Waals surface area (Å²) in [6.45, 7) is 3.05. The van der Waals surface area contributed by atoms with Crippen LogP contribution in [0, 0.1) is 5.92 Å². The largest absolute Gasteiger partial charge is 0.468 e. The smallest absolute Gasteiger partial charge is 0.322 e. The number of esters is 1. The Kier molecular flexibility index (Phi) is 2.28. The minimum Gasteiger partial charge on any atom is -0.468 e. The number of hydrogen-bond donors (Lipinski definition) is 0. The summed E-state index contributed by atoms with van der Waals surface area (Å²) in [6.07, 6.45) is 3.92. The van der Waals surface area contributed by atoms with Crippen LogP contribution in [-0.2, 0) is 9.53 Å². The number of fused-ring (bicyclic) bond motifs is 2. The Bertz CT molecular complexity index is 217. The van der Waals surface area contributed by atoms with Crippen LogP contribution in [-0.4, -0.2) is 36.6 Å². The van der Waals surface area contributed by atoms with Crippen molar-refractivity contribution in [1.29, 1.82) is 0 Å². The first kappa shape index (κ1) is 9.00. The Labute approximate surface area is 79.0 Å². The van der Waals surface area contributed by atoms with Crippen molar-refractivity contribution in [3.8, 4) is 0 Å². The van der Waals surface area contributed by atoms with Gasteiger partial charge in [-0.3, -0.25) is 9.69 Å². The van der Waals surface area contributed by atoms with Crippen molar-refractivity contribution >= 4 is 5.97 Å². The van der Waals surface area contributed by atoms with Crippen molar-refractivity contribution in [2.24, 2.45) is 5.92 Å². The Morgan fingerprint density at radius 2 is 2.31 bits per heavy atom. The average molecular weight is 183 g/mol. The van der Waals surface area contributed by atoms with Crippen LogP contribution < -0.4 is 0 Å². The summed E-state index contributed by atoms with van der Waals surface area (Å²) in [6, 6.07) is 0.611. The Hall–Kier alpha value is -0.570.